The number of likely N-dealkylation sites (tertiary alicyclic amines) is 1. The molecule has 1 N–H and O–H groups in total. The van der Waals surface area contributed by atoms with Gasteiger partial charge in [-0.15, -0.1) is 16.4 Å². The van der Waals surface area contributed by atoms with Crippen molar-refractivity contribution >= 4 is 40.4 Å². The normalized spacial score (nSPS) is 18.9. The van der Waals surface area contributed by atoms with Crippen molar-refractivity contribution in [3.63, 3.8) is 0 Å². The van der Waals surface area contributed by atoms with E-state index in [0.717, 1.165) is 30.7 Å². The van der Waals surface area contributed by atoms with Crippen LogP contribution in [0.4, 0.5) is 11.4 Å². The molecule has 10 nitrogen and oxygen atoms in total. The minimum atomic E-state index is -0.467. The van der Waals surface area contributed by atoms with Gasteiger partial charge < -0.3 is 19.9 Å². The fourth-order valence-corrected chi connectivity index (χ4v) is 6.18. The van der Waals surface area contributed by atoms with Crippen LogP contribution in [0.25, 0.3) is 0 Å². The summed E-state index contributed by atoms with van der Waals surface area (Å²) in [6, 6.07) is 17.3. The molecule has 4 heterocycles. The number of carbonyl (C=O) groups is 3. The standard InChI is InChI=1S/C30H30N6O4S/c1-40-21-14-12-20(13-15-21)34-16-5-10-26(30(34)39)36-19-24(32-33-36)25-9-4-17-35(25)29(38)22-7-2-3-8-23(22)31-28(37)27-11-6-18-41-27/h2-3,6-8,11-15,18-19,25-26H,4-5,9-10,16-17H2,1H3,(H,31,37). The van der Waals surface area contributed by atoms with Gasteiger partial charge in [0.1, 0.15) is 17.5 Å². The summed E-state index contributed by atoms with van der Waals surface area (Å²) in [4.78, 5) is 44.1. The highest BCUT2D eigenvalue weighted by molar-refractivity contribution is 7.12. The molecule has 4 aromatic rings. The number of hydrogen-bond acceptors (Lipinski definition) is 7. The number of ether oxygens (including phenoxy) is 1. The van der Waals surface area contributed by atoms with Crippen molar-refractivity contribution < 1.29 is 19.1 Å². The number of piperidine rings is 1. The minimum Gasteiger partial charge on any atom is -0.497 e. The summed E-state index contributed by atoms with van der Waals surface area (Å²) in [5.41, 5.74) is 2.37. The number of aromatic nitrogens is 3. The Labute approximate surface area is 241 Å². The second-order valence-electron chi connectivity index (χ2n) is 10.1. The largest absolute Gasteiger partial charge is 0.497 e. The summed E-state index contributed by atoms with van der Waals surface area (Å²) >= 11 is 1.34. The average molecular weight is 571 g/mol. The van der Waals surface area contributed by atoms with Crippen molar-refractivity contribution in [2.24, 2.45) is 0 Å². The minimum absolute atomic E-state index is 0.0346. The summed E-state index contributed by atoms with van der Waals surface area (Å²) in [5.74, 6) is 0.275. The molecule has 2 fully saturated rings. The van der Waals surface area contributed by atoms with Gasteiger partial charge in [-0.2, -0.15) is 0 Å². The maximum atomic E-state index is 13.8. The quantitative estimate of drug-likeness (QED) is 0.337. The van der Waals surface area contributed by atoms with Crippen LogP contribution in [-0.2, 0) is 4.79 Å². The lowest BCUT2D eigenvalue weighted by Crippen LogP contribution is -2.42. The Kier molecular flexibility index (Phi) is 7.51. The van der Waals surface area contributed by atoms with E-state index in [1.807, 2.05) is 35.7 Å². The molecule has 2 saturated heterocycles. The van der Waals surface area contributed by atoms with E-state index in [-0.39, 0.29) is 23.8 Å². The summed E-state index contributed by atoms with van der Waals surface area (Å²) in [5, 5.41) is 13.5. The van der Waals surface area contributed by atoms with Gasteiger partial charge in [0.05, 0.1) is 35.5 Å². The predicted octanol–water partition coefficient (Wildman–Crippen LogP) is 4.95. The van der Waals surface area contributed by atoms with E-state index in [4.69, 9.17) is 4.74 Å². The van der Waals surface area contributed by atoms with Gasteiger partial charge in [-0.1, -0.05) is 23.4 Å². The Hall–Kier alpha value is -4.51. The number of rotatable bonds is 7. The lowest BCUT2D eigenvalue weighted by Gasteiger charge is -2.32. The smallest absolute Gasteiger partial charge is 0.265 e. The first kappa shape index (κ1) is 26.7. The molecule has 0 radical (unpaired) electrons. The number of benzene rings is 2. The van der Waals surface area contributed by atoms with Crippen molar-refractivity contribution in [3.05, 3.63) is 88.4 Å². The van der Waals surface area contributed by atoms with E-state index < -0.39 is 6.04 Å². The van der Waals surface area contributed by atoms with Gasteiger partial charge >= 0.3 is 0 Å². The van der Waals surface area contributed by atoms with E-state index in [0.29, 0.717) is 41.3 Å². The number of methoxy groups -OCH3 is 1. The van der Waals surface area contributed by atoms with Crippen LogP contribution in [-0.4, -0.2) is 57.8 Å². The van der Waals surface area contributed by atoms with Gasteiger partial charge in [-0.3, -0.25) is 14.4 Å². The van der Waals surface area contributed by atoms with Crippen LogP contribution in [0, 0.1) is 0 Å². The first-order chi connectivity index (χ1) is 20.0. The van der Waals surface area contributed by atoms with Crippen molar-refractivity contribution in [3.8, 4) is 5.75 Å². The number of carbonyl (C=O) groups excluding carboxylic acids is 3. The Morgan fingerprint density at radius 3 is 2.54 bits per heavy atom. The van der Waals surface area contributed by atoms with E-state index in [1.54, 1.807) is 58.1 Å². The lowest BCUT2D eigenvalue weighted by molar-refractivity contribution is -0.123. The molecule has 210 valence electrons. The molecular formula is C30H30N6O4S. The van der Waals surface area contributed by atoms with Crippen LogP contribution in [0.2, 0.25) is 0 Å². The van der Waals surface area contributed by atoms with Gasteiger partial charge in [0.15, 0.2) is 0 Å². The highest BCUT2D eigenvalue weighted by Gasteiger charge is 2.36. The summed E-state index contributed by atoms with van der Waals surface area (Å²) in [6.07, 6.45) is 4.87. The summed E-state index contributed by atoms with van der Waals surface area (Å²) < 4.78 is 6.89. The molecule has 2 atom stereocenters. The number of anilines is 2. The van der Waals surface area contributed by atoms with Gasteiger partial charge in [-0.25, -0.2) is 4.68 Å². The number of para-hydroxylation sites is 1. The fourth-order valence-electron chi connectivity index (χ4n) is 5.56. The van der Waals surface area contributed by atoms with Crippen LogP contribution in [0.15, 0.2) is 72.2 Å². The molecule has 0 spiro atoms. The number of amides is 3. The first-order valence-corrected chi connectivity index (χ1v) is 14.5. The third-order valence-electron chi connectivity index (χ3n) is 7.65. The van der Waals surface area contributed by atoms with Gasteiger partial charge in [0.25, 0.3) is 17.7 Å². The van der Waals surface area contributed by atoms with Crippen LogP contribution in [0.5, 0.6) is 5.75 Å². The molecule has 0 saturated carbocycles. The van der Waals surface area contributed by atoms with Crippen LogP contribution in [0.1, 0.15) is 63.5 Å². The molecule has 11 heteroatoms. The van der Waals surface area contributed by atoms with Crippen LogP contribution in [0.3, 0.4) is 0 Å². The molecule has 3 amide bonds. The number of nitrogens with zero attached hydrogens (tertiary/aromatic N) is 5. The summed E-state index contributed by atoms with van der Waals surface area (Å²) in [7, 11) is 1.61. The van der Waals surface area contributed by atoms with E-state index >= 15 is 0 Å². The monoisotopic (exact) mass is 570 g/mol. The van der Waals surface area contributed by atoms with Crippen molar-refractivity contribution in [2.75, 3.05) is 30.4 Å². The Balaban J connectivity index is 1.19. The highest BCUT2D eigenvalue weighted by atomic mass is 32.1. The average Bonchev–Trinajstić information content (AvgIpc) is 3.79. The molecule has 2 aliphatic rings. The zero-order valence-corrected chi connectivity index (χ0v) is 23.4. The van der Waals surface area contributed by atoms with Crippen molar-refractivity contribution in [1.29, 1.82) is 0 Å². The molecule has 2 aliphatic heterocycles. The topological polar surface area (TPSA) is 110 Å². The predicted molar refractivity (Wildman–Crippen MR) is 155 cm³/mol. The molecule has 2 aromatic carbocycles. The fraction of sp³-hybridized carbons (Fsp3) is 0.300. The first-order valence-electron chi connectivity index (χ1n) is 13.7. The van der Waals surface area contributed by atoms with Gasteiger partial charge in [0.2, 0.25) is 0 Å². The Morgan fingerprint density at radius 1 is 0.976 bits per heavy atom. The zero-order valence-electron chi connectivity index (χ0n) is 22.6. The van der Waals surface area contributed by atoms with E-state index in [2.05, 4.69) is 15.6 Å². The lowest BCUT2D eigenvalue weighted by atomic mass is 10.0. The maximum absolute atomic E-state index is 13.8. The van der Waals surface area contributed by atoms with Crippen molar-refractivity contribution in [2.45, 2.75) is 37.8 Å². The number of hydrogen-bond donors (Lipinski definition) is 1. The Bertz CT molecular complexity index is 1550. The Morgan fingerprint density at radius 2 is 1.76 bits per heavy atom. The van der Waals surface area contributed by atoms with Gasteiger partial charge in [0, 0.05) is 18.8 Å². The van der Waals surface area contributed by atoms with E-state index in [1.165, 1.54) is 11.3 Å². The molecule has 2 aromatic heterocycles. The zero-order chi connectivity index (χ0) is 28.3. The SMILES string of the molecule is COc1ccc(N2CCCC(n3cc(C4CCCN4C(=O)c4ccccc4NC(=O)c4cccs4)nn3)C2=O)cc1. The van der Waals surface area contributed by atoms with Crippen LogP contribution >= 0.6 is 11.3 Å². The third-order valence-corrected chi connectivity index (χ3v) is 8.52. The van der Waals surface area contributed by atoms with Gasteiger partial charge in [-0.05, 0) is 73.5 Å². The molecule has 41 heavy (non-hydrogen) atoms. The maximum Gasteiger partial charge on any atom is 0.265 e. The van der Waals surface area contributed by atoms with E-state index in [9.17, 15) is 14.4 Å². The van der Waals surface area contributed by atoms with Crippen molar-refractivity contribution in [1.82, 2.24) is 19.9 Å². The third kappa shape index (κ3) is 5.32. The molecule has 2 unspecified atom stereocenters. The number of nitrogens with one attached hydrogen (secondary N) is 1. The number of thiophene rings is 1. The molecular weight excluding hydrogens is 540 g/mol. The molecule has 0 bridgehead atoms. The highest BCUT2D eigenvalue weighted by Crippen LogP contribution is 2.35. The summed E-state index contributed by atoms with van der Waals surface area (Å²) in [6.45, 7) is 1.20. The van der Waals surface area contributed by atoms with Crippen LogP contribution < -0.4 is 15.0 Å². The second-order valence-corrected chi connectivity index (χ2v) is 11.1. The second kappa shape index (κ2) is 11.5. The molecule has 6 rings (SSSR count). The molecule has 0 aliphatic carbocycles.